The van der Waals surface area contributed by atoms with Crippen LogP contribution in [0.1, 0.15) is 24.3 Å². The molecular formula is C16H20N2O4. The molecule has 1 aromatic heterocycles. The van der Waals surface area contributed by atoms with Gasteiger partial charge in [-0.05, 0) is 43.5 Å². The van der Waals surface area contributed by atoms with Crippen LogP contribution in [-0.4, -0.2) is 42.8 Å². The van der Waals surface area contributed by atoms with Crippen molar-refractivity contribution in [3.05, 3.63) is 40.3 Å². The van der Waals surface area contributed by atoms with E-state index in [9.17, 15) is 9.59 Å². The van der Waals surface area contributed by atoms with Crippen LogP contribution < -0.4 is 15.1 Å². The van der Waals surface area contributed by atoms with Crippen molar-refractivity contribution < 1.29 is 14.4 Å². The summed E-state index contributed by atoms with van der Waals surface area (Å²) in [6, 6.07) is 6.76. The van der Waals surface area contributed by atoms with Gasteiger partial charge in [0.25, 0.3) is 11.5 Å². The highest BCUT2D eigenvalue weighted by Crippen LogP contribution is 2.19. The highest BCUT2D eigenvalue weighted by Gasteiger charge is 2.20. The molecule has 1 heterocycles. The Morgan fingerprint density at radius 1 is 1.18 bits per heavy atom. The van der Waals surface area contributed by atoms with Crippen molar-refractivity contribution >= 4 is 16.7 Å². The van der Waals surface area contributed by atoms with E-state index < -0.39 is 0 Å². The summed E-state index contributed by atoms with van der Waals surface area (Å²) < 4.78 is 6.21. The standard InChI is InChI=1S/C16H20N2O4/c1-5-17(6-2)16(20)14-10-11-9-12(21-3)7-8-13(11)15(19)18(14)22-4/h7-10H,5-6H2,1-4H3. The third kappa shape index (κ3) is 2.64. The van der Waals surface area contributed by atoms with Crippen LogP contribution in [0.15, 0.2) is 29.1 Å². The van der Waals surface area contributed by atoms with Gasteiger partial charge in [0, 0.05) is 13.1 Å². The lowest BCUT2D eigenvalue weighted by Gasteiger charge is -2.20. The summed E-state index contributed by atoms with van der Waals surface area (Å²) >= 11 is 0. The first-order valence-corrected chi connectivity index (χ1v) is 7.14. The van der Waals surface area contributed by atoms with E-state index in [2.05, 4.69) is 0 Å². The molecule has 6 heteroatoms. The maximum absolute atomic E-state index is 12.6. The Labute approximate surface area is 128 Å². The predicted molar refractivity (Wildman–Crippen MR) is 84.5 cm³/mol. The zero-order chi connectivity index (χ0) is 16.3. The van der Waals surface area contributed by atoms with E-state index in [1.165, 1.54) is 7.11 Å². The molecular weight excluding hydrogens is 284 g/mol. The molecule has 6 nitrogen and oxygen atoms in total. The monoisotopic (exact) mass is 304 g/mol. The van der Waals surface area contributed by atoms with Gasteiger partial charge in [-0.1, -0.05) is 0 Å². The van der Waals surface area contributed by atoms with Crippen LogP contribution >= 0.6 is 0 Å². The van der Waals surface area contributed by atoms with Crippen molar-refractivity contribution in [2.45, 2.75) is 13.8 Å². The number of pyridine rings is 1. The zero-order valence-corrected chi connectivity index (χ0v) is 13.3. The first-order valence-electron chi connectivity index (χ1n) is 7.14. The lowest BCUT2D eigenvalue weighted by molar-refractivity contribution is 0.0706. The number of amides is 1. The molecule has 0 bridgehead atoms. The van der Waals surface area contributed by atoms with Crippen molar-refractivity contribution in [2.75, 3.05) is 27.3 Å². The molecule has 0 unspecified atom stereocenters. The Morgan fingerprint density at radius 2 is 1.86 bits per heavy atom. The Balaban J connectivity index is 2.72. The molecule has 0 aliphatic heterocycles. The summed E-state index contributed by atoms with van der Waals surface area (Å²) in [7, 11) is 2.93. The molecule has 2 rings (SSSR count). The minimum Gasteiger partial charge on any atom is -0.497 e. The van der Waals surface area contributed by atoms with Gasteiger partial charge in [-0.25, -0.2) is 0 Å². The molecule has 0 spiro atoms. The number of fused-ring (bicyclic) bond motifs is 1. The van der Waals surface area contributed by atoms with Gasteiger partial charge in [-0.3, -0.25) is 9.59 Å². The molecule has 0 radical (unpaired) electrons. The van der Waals surface area contributed by atoms with Crippen molar-refractivity contribution in [2.24, 2.45) is 0 Å². The van der Waals surface area contributed by atoms with E-state index in [1.807, 2.05) is 13.8 Å². The number of hydrogen-bond acceptors (Lipinski definition) is 4. The fourth-order valence-corrected chi connectivity index (χ4v) is 2.41. The Kier molecular flexibility index (Phi) is 4.70. The molecule has 0 atom stereocenters. The van der Waals surface area contributed by atoms with Gasteiger partial charge in [0.2, 0.25) is 0 Å². The van der Waals surface area contributed by atoms with Crippen molar-refractivity contribution in [1.29, 1.82) is 0 Å². The van der Waals surface area contributed by atoms with E-state index in [0.29, 0.717) is 29.6 Å². The van der Waals surface area contributed by atoms with E-state index in [-0.39, 0.29) is 17.2 Å². The number of hydrogen-bond donors (Lipinski definition) is 0. The van der Waals surface area contributed by atoms with Gasteiger partial charge in [-0.15, -0.1) is 4.73 Å². The number of ether oxygens (including phenoxy) is 1. The van der Waals surface area contributed by atoms with Crippen molar-refractivity contribution in [3.8, 4) is 5.75 Å². The predicted octanol–water partition coefficient (Wildman–Crippen LogP) is 1.55. The average molecular weight is 304 g/mol. The van der Waals surface area contributed by atoms with Gasteiger partial charge in [0.05, 0.1) is 12.5 Å². The highest BCUT2D eigenvalue weighted by molar-refractivity contribution is 5.96. The number of methoxy groups -OCH3 is 1. The summed E-state index contributed by atoms with van der Waals surface area (Å²) in [6.07, 6.45) is 0. The Morgan fingerprint density at radius 3 is 2.41 bits per heavy atom. The number of carbonyl (C=O) groups excluding carboxylic acids is 1. The van der Waals surface area contributed by atoms with Crippen LogP contribution in [0.25, 0.3) is 10.8 Å². The maximum Gasteiger partial charge on any atom is 0.291 e. The highest BCUT2D eigenvalue weighted by atomic mass is 16.7. The smallest absolute Gasteiger partial charge is 0.291 e. The minimum absolute atomic E-state index is 0.206. The number of carbonyl (C=O) groups is 1. The fourth-order valence-electron chi connectivity index (χ4n) is 2.41. The van der Waals surface area contributed by atoms with Gasteiger partial charge in [0.15, 0.2) is 0 Å². The molecule has 1 aromatic carbocycles. The molecule has 0 fully saturated rings. The molecule has 0 saturated heterocycles. The molecule has 22 heavy (non-hydrogen) atoms. The zero-order valence-electron chi connectivity index (χ0n) is 13.3. The van der Waals surface area contributed by atoms with Crippen LogP contribution in [0, 0.1) is 0 Å². The summed E-state index contributed by atoms with van der Waals surface area (Å²) in [5.41, 5.74) is -0.157. The maximum atomic E-state index is 12.6. The summed E-state index contributed by atoms with van der Waals surface area (Å²) in [5.74, 6) is 0.386. The Hall–Kier alpha value is -2.50. The fraction of sp³-hybridized carbons (Fsp3) is 0.375. The molecule has 0 N–H and O–H groups in total. The molecule has 0 aliphatic carbocycles. The van der Waals surface area contributed by atoms with E-state index in [4.69, 9.17) is 9.57 Å². The van der Waals surface area contributed by atoms with E-state index in [0.717, 1.165) is 4.73 Å². The number of nitrogens with zero attached hydrogens (tertiary/aromatic N) is 2. The molecule has 0 saturated carbocycles. The number of rotatable bonds is 5. The van der Waals surface area contributed by atoms with Crippen LogP contribution in [0.5, 0.6) is 5.75 Å². The lowest BCUT2D eigenvalue weighted by atomic mass is 10.1. The molecule has 2 aromatic rings. The second-order valence-electron chi connectivity index (χ2n) is 4.74. The van der Waals surface area contributed by atoms with Gasteiger partial charge >= 0.3 is 0 Å². The SMILES string of the molecule is CCN(CC)C(=O)c1cc2cc(OC)ccc2c(=O)n1OC. The van der Waals surface area contributed by atoms with E-state index in [1.54, 1.807) is 36.3 Å². The van der Waals surface area contributed by atoms with Crippen LogP contribution in [0.3, 0.4) is 0 Å². The van der Waals surface area contributed by atoms with Gasteiger partial charge in [0.1, 0.15) is 18.6 Å². The average Bonchev–Trinajstić information content (AvgIpc) is 2.55. The van der Waals surface area contributed by atoms with Crippen molar-refractivity contribution in [1.82, 2.24) is 9.63 Å². The first-order chi connectivity index (χ1) is 10.6. The summed E-state index contributed by atoms with van der Waals surface area (Å²) in [5, 5.41) is 1.12. The second-order valence-corrected chi connectivity index (χ2v) is 4.74. The van der Waals surface area contributed by atoms with Gasteiger partial charge < -0.3 is 14.5 Å². The lowest BCUT2D eigenvalue weighted by Crippen LogP contribution is -2.37. The van der Waals surface area contributed by atoms with Crippen LogP contribution in [-0.2, 0) is 0 Å². The third-order valence-corrected chi connectivity index (χ3v) is 3.64. The minimum atomic E-state index is -0.363. The largest absolute Gasteiger partial charge is 0.497 e. The molecule has 1 amide bonds. The van der Waals surface area contributed by atoms with E-state index >= 15 is 0 Å². The quantitative estimate of drug-likeness (QED) is 0.841. The Bertz CT molecular complexity index is 748. The summed E-state index contributed by atoms with van der Waals surface area (Å²) in [4.78, 5) is 31.9. The third-order valence-electron chi connectivity index (χ3n) is 3.64. The second kappa shape index (κ2) is 6.51. The van der Waals surface area contributed by atoms with Crippen LogP contribution in [0.4, 0.5) is 0 Å². The van der Waals surface area contributed by atoms with Crippen LogP contribution in [0.2, 0.25) is 0 Å². The number of benzene rings is 1. The number of aromatic nitrogens is 1. The normalized spacial score (nSPS) is 10.5. The molecule has 0 aliphatic rings. The van der Waals surface area contributed by atoms with Gasteiger partial charge in [-0.2, -0.15) is 0 Å². The summed E-state index contributed by atoms with van der Waals surface area (Å²) in [6.45, 7) is 4.90. The topological polar surface area (TPSA) is 60.8 Å². The first kappa shape index (κ1) is 15.9. The molecule has 118 valence electrons. The van der Waals surface area contributed by atoms with Crippen molar-refractivity contribution in [3.63, 3.8) is 0 Å².